The summed E-state index contributed by atoms with van der Waals surface area (Å²) >= 11 is 0. The molecule has 1 aliphatic rings. The second-order valence-corrected chi connectivity index (χ2v) is 10.8. The maximum Gasteiger partial charge on any atom is 0.490 e. The van der Waals surface area contributed by atoms with Crippen molar-refractivity contribution in [3.8, 4) is 0 Å². The van der Waals surface area contributed by atoms with Gasteiger partial charge in [0.25, 0.3) is 0 Å². The van der Waals surface area contributed by atoms with E-state index in [4.69, 9.17) is 25.2 Å². The van der Waals surface area contributed by atoms with E-state index in [0.717, 1.165) is 19.2 Å². The Balaban J connectivity index is 2.27. The van der Waals surface area contributed by atoms with Gasteiger partial charge in [0, 0.05) is 6.20 Å². The molecule has 0 spiro atoms. The Morgan fingerprint density at radius 2 is 1.88 bits per heavy atom. The number of phosphoric acid groups is 3. The van der Waals surface area contributed by atoms with Crippen LogP contribution in [0, 0.1) is 0 Å². The highest BCUT2D eigenvalue weighted by Gasteiger charge is 2.60. The van der Waals surface area contributed by atoms with Crippen LogP contribution in [-0.2, 0) is 31.6 Å². The molecule has 1 aliphatic heterocycles. The normalized spacial score (nSPS) is 31.1. The number of nitrogens with two attached hydrogens (primary N) is 1. The van der Waals surface area contributed by atoms with Crippen LogP contribution in [0.15, 0.2) is 17.1 Å². The van der Waals surface area contributed by atoms with E-state index >= 15 is 0 Å². The van der Waals surface area contributed by atoms with Crippen molar-refractivity contribution in [1.82, 2.24) is 9.55 Å². The molecule has 2 unspecified atom stereocenters. The minimum Gasteiger partial charge on any atom is -0.387 e. The molecule has 2 heterocycles. The van der Waals surface area contributed by atoms with E-state index < -0.39 is 66.0 Å². The summed E-state index contributed by atoms with van der Waals surface area (Å²) in [6.07, 6.45) is -8.32. The number of ether oxygens (including phenoxy) is 1. The number of nitrogen functional groups attached to an aromatic ring is 1. The first-order chi connectivity index (χ1) is 14.4. The topological polar surface area (TPSA) is 250 Å². The van der Waals surface area contributed by atoms with E-state index in [1.807, 2.05) is 0 Å². The first-order valence-corrected chi connectivity index (χ1v) is 12.7. The smallest absolute Gasteiger partial charge is 0.387 e. The third-order valence-corrected chi connectivity index (χ3v) is 7.87. The lowest BCUT2D eigenvalue weighted by Gasteiger charge is -2.33. The standard InChI is InChI=1S/C11H18F2N3O13P3/c1-5(12)11(4-26-31(22,23)29-32(24,25)28-30(19,20)21)8(17)7(13)9(27-11)16-3-2-6(14)15-10(16)18/h2-3,5,7-9,17H,4H2,1H3,(H,22,23)(H,24,25)(H2,14,15,18)(H2,19,20,21)/t5-,7+,8-,9+,11-/m0/s1. The van der Waals surface area contributed by atoms with Crippen LogP contribution in [-0.4, -0.2) is 64.9 Å². The van der Waals surface area contributed by atoms with E-state index in [1.165, 1.54) is 0 Å². The van der Waals surface area contributed by atoms with Gasteiger partial charge in [0.2, 0.25) is 0 Å². The first kappa shape index (κ1) is 27.1. The molecule has 16 nitrogen and oxygen atoms in total. The number of aliphatic hydroxyl groups is 1. The molecule has 184 valence electrons. The van der Waals surface area contributed by atoms with Crippen molar-refractivity contribution in [1.29, 1.82) is 0 Å². The molecular weight excluding hydrogens is 513 g/mol. The van der Waals surface area contributed by atoms with Gasteiger partial charge in [-0.05, 0) is 13.0 Å². The zero-order valence-corrected chi connectivity index (χ0v) is 18.4. The zero-order chi connectivity index (χ0) is 24.7. The predicted molar refractivity (Wildman–Crippen MR) is 97.1 cm³/mol. The number of hydrogen-bond donors (Lipinski definition) is 6. The number of halogens is 2. The summed E-state index contributed by atoms with van der Waals surface area (Å²) in [5, 5.41) is 10.2. The van der Waals surface area contributed by atoms with Crippen molar-refractivity contribution in [2.75, 3.05) is 12.3 Å². The van der Waals surface area contributed by atoms with Gasteiger partial charge in [-0.25, -0.2) is 27.3 Å². The van der Waals surface area contributed by atoms with Crippen molar-refractivity contribution in [2.45, 2.75) is 37.2 Å². The molecule has 7 atom stereocenters. The second-order valence-electron chi connectivity index (χ2n) is 6.38. The van der Waals surface area contributed by atoms with Gasteiger partial charge in [0.1, 0.15) is 18.1 Å². The number of anilines is 1. The molecule has 32 heavy (non-hydrogen) atoms. The van der Waals surface area contributed by atoms with E-state index in [2.05, 4.69) is 18.1 Å². The fourth-order valence-electron chi connectivity index (χ4n) is 2.66. The minimum atomic E-state index is -5.88. The van der Waals surface area contributed by atoms with Crippen molar-refractivity contribution in [2.24, 2.45) is 0 Å². The molecule has 1 saturated heterocycles. The predicted octanol–water partition coefficient (Wildman–Crippen LogP) is -0.507. The van der Waals surface area contributed by atoms with Gasteiger partial charge in [0.15, 0.2) is 18.0 Å². The van der Waals surface area contributed by atoms with Gasteiger partial charge < -0.3 is 35.2 Å². The first-order valence-electron chi connectivity index (χ1n) is 8.16. The van der Waals surface area contributed by atoms with Crippen molar-refractivity contribution < 1.29 is 65.0 Å². The van der Waals surface area contributed by atoms with Crippen LogP contribution in [0.2, 0.25) is 0 Å². The van der Waals surface area contributed by atoms with Gasteiger partial charge in [-0.3, -0.25) is 9.09 Å². The number of nitrogens with zero attached hydrogens (tertiary/aromatic N) is 2. The molecule has 0 aliphatic carbocycles. The highest BCUT2D eigenvalue weighted by atomic mass is 31.3. The van der Waals surface area contributed by atoms with Crippen molar-refractivity contribution in [3.05, 3.63) is 22.7 Å². The van der Waals surface area contributed by atoms with Gasteiger partial charge in [0.05, 0.1) is 6.61 Å². The molecular formula is C11H18F2N3O13P3. The number of aromatic nitrogens is 2. The van der Waals surface area contributed by atoms with E-state index in [9.17, 15) is 37.3 Å². The van der Waals surface area contributed by atoms with Gasteiger partial charge >= 0.3 is 29.2 Å². The minimum absolute atomic E-state index is 0.238. The highest BCUT2D eigenvalue weighted by molar-refractivity contribution is 7.66. The zero-order valence-electron chi connectivity index (χ0n) is 15.7. The summed E-state index contributed by atoms with van der Waals surface area (Å²) in [5.41, 5.74) is 1.42. The molecule has 21 heteroatoms. The summed E-state index contributed by atoms with van der Waals surface area (Å²) < 4.78 is 79.9. The van der Waals surface area contributed by atoms with Gasteiger partial charge in [-0.15, -0.1) is 0 Å². The largest absolute Gasteiger partial charge is 0.490 e. The molecule has 0 radical (unpaired) electrons. The Morgan fingerprint density at radius 3 is 2.38 bits per heavy atom. The van der Waals surface area contributed by atoms with Gasteiger partial charge in [-0.1, -0.05) is 0 Å². The third kappa shape index (κ3) is 6.26. The van der Waals surface area contributed by atoms with E-state index in [-0.39, 0.29) is 5.82 Å². The van der Waals surface area contributed by atoms with Gasteiger partial charge in [-0.2, -0.15) is 13.6 Å². The highest BCUT2D eigenvalue weighted by Crippen LogP contribution is 2.66. The lowest BCUT2D eigenvalue weighted by molar-refractivity contribution is -0.158. The summed E-state index contributed by atoms with van der Waals surface area (Å²) in [4.78, 5) is 50.9. The SMILES string of the molecule is C[C@H](F)[C@]1(COP(=O)(O)OP(=O)(O)OP(=O)(O)O)O[C@@H](n2ccc(N)nc2=O)[C@H](F)[C@@H]1O. The molecule has 2 rings (SSSR count). The fraction of sp³-hybridized carbons (Fsp3) is 0.636. The molecule has 7 N–H and O–H groups in total. The maximum atomic E-state index is 14.7. The quantitative estimate of drug-likeness (QED) is 0.220. The molecule has 0 aromatic carbocycles. The van der Waals surface area contributed by atoms with Crippen molar-refractivity contribution >= 4 is 29.3 Å². The number of alkyl halides is 2. The molecule has 0 saturated carbocycles. The van der Waals surface area contributed by atoms with Crippen molar-refractivity contribution in [3.63, 3.8) is 0 Å². The number of phosphoric ester groups is 1. The molecule has 1 aromatic rings. The molecule has 1 fully saturated rings. The monoisotopic (exact) mass is 531 g/mol. The Bertz CT molecular complexity index is 1050. The lowest BCUT2D eigenvalue weighted by atomic mass is 9.92. The molecule has 1 aromatic heterocycles. The van der Waals surface area contributed by atoms with Crippen LogP contribution < -0.4 is 11.4 Å². The summed E-state index contributed by atoms with van der Waals surface area (Å²) in [5.74, 6) is -0.238. The van der Waals surface area contributed by atoms with Crippen LogP contribution in [0.5, 0.6) is 0 Å². The summed E-state index contributed by atoms with van der Waals surface area (Å²) in [7, 11) is -17.3. The summed E-state index contributed by atoms with van der Waals surface area (Å²) in [6.45, 7) is -0.758. The Morgan fingerprint density at radius 1 is 1.28 bits per heavy atom. The Kier molecular flexibility index (Phi) is 7.84. The van der Waals surface area contributed by atoms with Crippen LogP contribution in [0.1, 0.15) is 13.2 Å². The average molecular weight is 531 g/mol. The summed E-state index contributed by atoms with van der Waals surface area (Å²) in [6, 6.07) is 1.06. The Hall–Kier alpha value is -1.13. The second kappa shape index (κ2) is 9.25. The molecule has 0 amide bonds. The average Bonchev–Trinajstić information content (AvgIpc) is 2.83. The number of rotatable bonds is 9. The molecule has 0 bridgehead atoms. The number of hydrogen-bond acceptors (Lipinski definition) is 11. The van der Waals surface area contributed by atoms with E-state index in [1.54, 1.807) is 0 Å². The van der Waals surface area contributed by atoms with E-state index in [0.29, 0.717) is 4.57 Å². The third-order valence-electron chi connectivity index (χ3n) is 4.08. The van der Waals surface area contributed by atoms with Crippen LogP contribution in [0.4, 0.5) is 14.6 Å². The van der Waals surface area contributed by atoms with Crippen LogP contribution in [0.25, 0.3) is 0 Å². The number of aliphatic hydroxyl groups excluding tert-OH is 1. The maximum absolute atomic E-state index is 14.7. The fourth-order valence-corrected chi connectivity index (χ4v) is 5.72. The lowest BCUT2D eigenvalue weighted by Crippen LogP contribution is -2.52. The Labute approximate surface area is 177 Å². The van der Waals surface area contributed by atoms with Crippen LogP contribution in [0.3, 0.4) is 0 Å². The van der Waals surface area contributed by atoms with Crippen LogP contribution >= 0.6 is 23.5 Å².